The van der Waals surface area contributed by atoms with Gasteiger partial charge in [-0.25, -0.2) is 4.98 Å². The lowest BCUT2D eigenvalue weighted by atomic mass is 10.1. The molecule has 0 aliphatic heterocycles. The fourth-order valence-corrected chi connectivity index (χ4v) is 2.94. The third kappa shape index (κ3) is 3.03. The van der Waals surface area contributed by atoms with Gasteiger partial charge in [0, 0.05) is 19.0 Å². The first-order chi connectivity index (χ1) is 10.1. The summed E-state index contributed by atoms with van der Waals surface area (Å²) in [6.07, 6.45) is 4.38. The third-order valence-corrected chi connectivity index (χ3v) is 4.10. The number of amides is 1. The molecule has 0 spiro atoms. The van der Waals surface area contributed by atoms with Crippen LogP contribution >= 0.6 is 0 Å². The number of para-hydroxylation sites is 2. The highest BCUT2D eigenvalue weighted by atomic mass is 16.2. The summed E-state index contributed by atoms with van der Waals surface area (Å²) in [5.74, 6) is 0.233. The van der Waals surface area contributed by atoms with Crippen LogP contribution in [0.3, 0.4) is 0 Å². The van der Waals surface area contributed by atoms with E-state index in [1.165, 1.54) is 0 Å². The molecule has 1 saturated carbocycles. The summed E-state index contributed by atoms with van der Waals surface area (Å²) in [7, 11) is 1.82. The van der Waals surface area contributed by atoms with Gasteiger partial charge in [0.2, 0.25) is 5.91 Å². The molecule has 1 heterocycles. The molecule has 1 aromatic heterocycles. The van der Waals surface area contributed by atoms with Gasteiger partial charge in [-0.1, -0.05) is 12.1 Å². The van der Waals surface area contributed by atoms with Gasteiger partial charge < -0.3 is 10.6 Å². The van der Waals surface area contributed by atoms with Crippen LogP contribution in [-0.2, 0) is 11.3 Å². The van der Waals surface area contributed by atoms with Gasteiger partial charge in [-0.2, -0.15) is 0 Å². The fourth-order valence-electron chi connectivity index (χ4n) is 2.94. The maximum absolute atomic E-state index is 12.4. The topological polar surface area (TPSA) is 72.1 Å². The standard InChI is InChI=1S/C16H20N4O/c1-20(16(21)11-6-7-12(17)8-11)10-13-9-18-14-4-2-3-5-15(14)19-13/h2-5,9,11-12H,6-8,10,17H2,1H3/t11-,12+/m1/s1. The summed E-state index contributed by atoms with van der Waals surface area (Å²) < 4.78 is 0. The zero-order valence-corrected chi connectivity index (χ0v) is 12.2. The molecule has 0 radical (unpaired) electrons. The molecule has 2 atom stereocenters. The van der Waals surface area contributed by atoms with Crippen molar-refractivity contribution < 1.29 is 4.79 Å². The fraction of sp³-hybridized carbons (Fsp3) is 0.438. The lowest BCUT2D eigenvalue weighted by Crippen LogP contribution is -2.32. The van der Waals surface area contributed by atoms with E-state index >= 15 is 0 Å². The molecule has 5 nitrogen and oxygen atoms in total. The van der Waals surface area contributed by atoms with E-state index in [1.54, 1.807) is 11.1 Å². The van der Waals surface area contributed by atoms with Crippen LogP contribution in [0.1, 0.15) is 25.0 Å². The Morgan fingerprint density at radius 1 is 1.33 bits per heavy atom. The molecule has 110 valence electrons. The Hall–Kier alpha value is -2.01. The van der Waals surface area contributed by atoms with E-state index in [0.29, 0.717) is 6.54 Å². The molecule has 2 N–H and O–H groups in total. The number of benzene rings is 1. The van der Waals surface area contributed by atoms with Crippen molar-refractivity contribution in [3.05, 3.63) is 36.2 Å². The molecule has 1 fully saturated rings. The van der Waals surface area contributed by atoms with Crippen molar-refractivity contribution in [1.29, 1.82) is 0 Å². The van der Waals surface area contributed by atoms with Crippen molar-refractivity contribution >= 4 is 16.9 Å². The Balaban J connectivity index is 1.70. The van der Waals surface area contributed by atoms with Crippen LogP contribution in [0, 0.1) is 5.92 Å². The molecule has 0 bridgehead atoms. The number of nitrogens with two attached hydrogens (primary N) is 1. The van der Waals surface area contributed by atoms with Crippen LogP contribution in [0.5, 0.6) is 0 Å². The van der Waals surface area contributed by atoms with Crippen molar-refractivity contribution in [2.24, 2.45) is 11.7 Å². The molecule has 0 unspecified atom stereocenters. The van der Waals surface area contributed by atoms with Crippen molar-refractivity contribution in [3.8, 4) is 0 Å². The van der Waals surface area contributed by atoms with Gasteiger partial charge in [-0.15, -0.1) is 0 Å². The maximum Gasteiger partial charge on any atom is 0.225 e. The Morgan fingerprint density at radius 3 is 2.81 bits per heavy atom. The second kappa shape index (κ2) is 5.77. The molecule has 1 aliphatic rings. The Morgan fingerprint density at radius 2 is 2.10 bits per heavy atom. The van der Waals surface area contributed by atoms with Crippen LogP contribution in [0.25, 0.3) is 11.0 Å². The zero-order valence-electron chi connectivity index (χ0n) is 12.2. The lowest BCUT2D eigenvalue weighted by Gasteiger charge is -2.20. The molecule has 1 aliphatic carbocycles. The summed E-state index contributed by atoms with van der Waals surface area (Å²) in [5, 5.41) is 0. The number of fused-ring (bicyclic) bond motifs is 1. The van der Waals surface area contributed by atoms with Crippen molar-refractivity contribution in [3.63, 3.8) is 0 Å². The second-order valence-electron chi connectivity index (χ2n) is 5.81. The van der Waals surface area contributed by atoms with E-state index in [0.717, 1.165) is 36.0 Å². The summed E-state index contributed by atoms with van der Waals surface area (Å²) in [6, 6.07) is 7.92. The Bertz CT molecular complexity index is 658. The zero-order chi connectivity index (χ0) is 14.8. The van der Waals surface area contributed by atoms with Crippen molar-refractivity contribution in [1.82, 2.24) is 14.9 Å². The summed E-state index contributed by atoms with van der Waals surface area (Å²) in [4.78, 5) is 23.1. The van der Waals surface area contributed by atoms with Gasteiger partial charge in [0.1, 0.15) is 0 Å². The Kier molecular flexibility index (Phi) is 3.84. The smallest absolute Gasteiger partial charge is 0.225 e. The predicted molar refractivity (Wildman–Crippen MR) is 81.3 cm³/mol. The molecule has 0 saturated heterocycles. The van der Waals surface area contributed by atoms with Gasteiger partial charge >= 0.3 is 0 Å². The number of carbonyl (C=O) groups excluding carboxylic acids is 1. The van der Waals surface area contributed by atoms with Crippen molar-refractivity contribution in [2.75, 3.05) is 7.05 Å². The number of carbonyl (C=O) groups is 1. The van der Waals surface area contributed by atoms with Gasteiger partial charge in [-0.3, -0.25) is 9.78 Å². The number of rotatable bonds is 3. The summed E-state index contributed by atoms with van der Waals surface area (Å²) in [5.41, 5.74) is 8.43. The SMILES string of the molecule is CN(Cc1cnc2ccccc2n1)C(=O)[C@@H]1CC[C@H](N)C1. The first-order valence-electron chi connectivity index (χ1n) is 7.34. The van der Waals surface area contributed by atoms with Gasteiger partial charge in [0.05, 0.1) is 29.5 Å². The predicted octanol–water partition coefficient (Wildman–Crippen LogP) is 1.72. The molecule has 1 amide bonds. The van der Waals surface area contributed by atoms with E-state index in [9.17, 15) is 4.79 Å². The van der Waals surface area contributed by atoms with Crippen LogP contribution in [0.2, 0.25) is 0 Å². The number of aromatic nitrogens is 2. The maximum atomic E-state index is 12.4. The lowest BCUT2D eigenvalue weighted by molar-refractivity contribution is -0.134. The molecular weight excluding hydrogens is 264 g/mol. The molecule has 3 rings (SSSR count). The van der Waals surface area contributed by atoms with E-state index in [2.05, 4.69) is 9.97 Å². The minimum absolute atomic E-state index is 0.0680. The average molecular weight is 284 g/mol. The largest absolute Gasteiger partial charge is 0.340 e. The quantitative estimate of drug-likeness (QED) is 0.931. The van der Waals surface area contributed by atoms with Gasteiger partial charge in [0.25, 0.3) is 0 Å². The summed E-state index contributed by atoms with van der Waals surface area (Å²) in [6.45, 7) is 0.488. The molecular formula is C16H20N4O. The minimum Gasteiger partial charge on any atom is -0.340 e. The van der Waals surface area contributed by atoms with Crippen molar-refractivity contribution in [2.45, 2.75) is 31.8 Å². The first-order valence-corrected chi connectivity index (χ1v) is 7.34. The van der Waals surface area contributed by atoms with E-state index in [1.807, 2.05) is 31.3 Å². The number of hydrogen-bond acceptors (Lipinski definition) is 4. The van der Waals surface area contributed by atoms with Crippen LogP contribution in [-0.4, -0.2) is 33.9 Å². The molecule has 5 heteroatoms. The van der Waals surface area contributed by atoms with Crippen LogP contribution in [0.15, 0.2) is 30.5 Å². The van der Waals surface area contributed by atoms with E-state index in [-0.39, 0.29) is 17.9 Å². The van der Waals surface area contributed by atoms with Crippen LogP contribution < -0.4 is 5.73 Å². The molecule has 2 aromatic rings. The number of nitrogens with zero attached hydrogens (tertiary/aromatic N) is 3. The molecule has 21 heavy (non-hydrogen) atoms. The highest BCUT2D eigenvalue weighted by Gasteiger charge is 2.29. The van der Waals surface area contributed by atoms with Crippen LogP contribution in [0.4, 0.5) is 0 Å². The highest BCUT2D eigenvalue weighted by Crippen LogP contribution is 2.26. The molecule has 1 aromatic carbocycles. The second-order valence-corrected chi connectivity index (χ2v) is 5.81. The minimum atomic E-state index is 0.0680. The van der Waals surface area contributed by atoms with Gasteiger partial charge in [0.15, 0.2) is 0 Å². The first kappa shape index (κ1) is 13.9. The third-order valence-electron chi connectivity index (χ3n) is 4.10. The Labute approximate surface area is 124 Å². The average Bonchev–Trinajstić information content (AvgIpc) is 2.93. The summed E-state index contributed by atoms with van der Waals surface area (Å²) >= 11 is 0. The normalized spacial score (nSPS) is 21.6. The van der Waals surface area contributed by atoms with E-state index < -0.39 is 0 Å². The monoisotopic (exact) mass is 284 g/mol. The highest BCUT2D eigenvalue weighted by molar-refractivity contribution is 5.79. The number of hydrogen-bond donors (Lipinski definition) is 1. The van der Waals surface area contributed by atoms with E-state index in [4.69, 9.17) is 5.73 Å². The van der Waals surface area contributed by atoms with Gasteiger partial charge in [-0.05, 0) is 31.4 Å².